The van der Waals surface area contributed by atoms with E-state index in [-0.39, 0.29) is 12.0 Å². The summed E-state index contributed by atoms with van der Waals surface area (Å²) >= 11 is 0. The Labute approximate surface area is 103 Å². The summed E-state index contributed by atoms with van der Waals surface area (Å²) in [6, 6.07) is 5.96. The average Bonchev–Trinajstić information content (AvgIpc) is 3.12. The van der Waals surface area contributed by atoms with Crippen LogP contribution in [0.4, 0.5) is 0 Å². The van der Waals surface area contributed by atoms with Gasteiger partial charge in [0.05, 0.1) is 6.10 Å². The molecule has 0 radical (unpaired) electrons. The first kappa shape index (κ1) is 11.2. The Morgan fingerprint density at radius 3 is 2.53 bits per heavy atom. The van der Waals surface area contributed by atoms with E-state index < -0.39 is 0 Å². The highest BCUT2D eigenvalue weighted by molar-refractivity contribution is 5.14. The lowest BCUT2D eigenvalue weighted by atomic mass is 9.95. The van der Waals surface area contributed by atoms with Crippen LogP contribution in [0.15, 0.2) is 24.4 Å². The zero-order chi connectivity index (χ0) is 11.8. The van der Waals surface area contributed by atoms with Gasteiger partial charge in [0.2, 0.25) is 0 Å². The number of pyridine rings is 1. The Hall–Kier alpha value is -0.890. The van der Waals surface area contributed by atoms with Crippen molar-refractivity contribution >= 4 is 0 Å². The molecule has 1 heterocycles. The molecule has 0 amide bonds. The van der Waals surface area contributed by atoms with Crippen molar-refractivity contribution in [3.63, 3.8) is 0 Å². The summed E-state index contributed by atoms with van der Waals surface area (Å²) < 4.78 is 0. The fourth-order valence-electron chi connectivity index (χ4n) is 3.71. The molecule has 1 N–H and O–H groups in total. The van der Waals surface area contributed by atoms with Crippen molar-refractivity contribution in [2.75, 3.05) is 0 Å². The van der Waals surface area contributed by atoms with E-state index in [2.05, 4.69) is 11.9 Å². The van der Waals surface area contributed by atoms with Gasteiger partial charge in [-0.25, -0.2) is 0 Å². The Morgan fingerprint density at radius 1 is 1.24 bits per heavy atom. The summed E-state index contributed by atoms with van der Waals surface area (Å²) in [6.45, 7) is 2.11. The van der Waals surface area contributed by atoms with Gasteiger partial charge in [-0.1, -0.05) is 25.8 Å². The lowest BCUT2D eigenvalue weighted by Crippen LogP contribution is -2.20. The SMILES string of the molecule is CC(c1ccccn1)C(O)C1C2CCCCC21. The van der Waals surface area contributed by atoms with Gasteiger partial charge in [-0.15, -0.1) is 0 Å². The molecule has 0 aromatic carbocycles. The maximum absolute atomic E-state index is 10.5. The van der Waals surface area contributed by atoms with E-state index >= 15 is 0 Å². The number of aliphatic hydroxyl groups excluding tert-OH is 1. The fraction of sp³-hybridized carbons (Fsp3) is 0.667. The fourth-order valence-corrected chi connectivity index (χ4v) is 3.71. The van der Waals surface area contributed by atoms with Gasteiger partial charge in [0.25, 0.3) is 0 Å². The molecule has 0 bridgehead atoms. The summed E-state index contributed by atoms with van der Waals surface area (Å²) in [5.74, 6) is 2.34. The lowest BCUT2D eigenvalue weighted by Gasteiger charge is -2.18. The van der Waals surface area contributed by atoms with E-state index in [0.29, 0.717) is 5.92 Å². The summed E-state index contributed by atoms with van der Waals surface area (Å²) in [5, 5.41) is 10.5. The molecule has 0 spiro atoms. The topological polar surface area (TPSA) is 33.1 Å². The van der Waals surface area contributed by atoms with Crippen LogP contribution in [0, 0.1) is 17.8 Å². The first-order valence-corrected chi connectivity index (χ1v) is 6.88. The number of hydrogen-bond donors (Lipinski definition) is 1. The smallest absolute Gasteiger partial charge is 0.0654 e. The third-order valence-corrected chi connectivity index (χ3v) is 4.78. The highest BCUT2D eigenvalue weighted by atomic mass is 16.3. The standard InChI is InChI=1S/C15H21NO/c1-10(13-8-4-5-9-16-13)15(17)14-11-6-2-3-7-12(11)14/h4-5,8-12,14-15,17H,2-3,6-7H2,1H3. The largest absolute Gasteiger partial charge is 0.392 e. The normalized spacial score (nSPS) is 34.8. The molecule has 0 saturated heterocycles. The molecule has 92 valence electrons. The highest BCUT2D eigenvalue weighted by Crippen LogP contribution is 2.58. The predicted molar refractivity (Wildman–Crippen MR) is 67.6 cm³/mol. The van der Waals surface area contributed by atoms with Crippen LogP contribution in [0.25, 0.3) is 0 Å². The van der Waals surface area contributed by atoms with Crippen LogP contribution in [0.3, 0.4) is 0 Å². The van der Waals surface area contributed by atoms with Crippen LogP contribution < -0.4 is 0 Å². The second kappa shape index (κ2) is 4.41. The summed E-state index contributed by atoms with van der Waals surface area (Å²) in [7, 11) is 0. The second-order valence-corrected chi connectivity index (χ2v) is 5.72. The molecule has 2 heteroatoms. The van der Waals surface area contributed by atoms with Crippen molar-refractivity contribution in [3.8, 4) is 0 Å². The molecule has 1 aromatic rings. The van der Waals surface area contributed by atoms with Crippen LogP contribution in [-0.4, -0.2) is 16.2 Å². The lowest BCUT2D eigenvalue weighted by molar-refractivity contribution is 0.115. The van der Waals surface area contributed by atoms with E-state index in [0.717, 1.165) is 17.5 Å². The molecule has 4 atom stereocenters. The van der Waals surface area contributed by atoms with Gasteiger partial charge in [-0.3, -0.25) is 4.98 Å². The summed E-state index contributed by atoms with van der Waals surface area (Å²) in [5.41, 5.74) is 1.03. The first-order valence-electron chi connectivity index (χ1n) is 6.88. The molecular formula is C15H21NO. The summed E-state index contributed by atoms with van der Waals surface area (Å²) in [4.78, 5) is 4.37. The van der Waals surface area contributed by atoms with Crippen molar-refractivity contribution in [2.45, 2.75) is 44.6 Å². The van der Waals surface area contributed by atoms with Crippen molar-refractivity contribution in [1.29, 1.82) is 0 Å². The van der Waals surface area contributed by atoms with Gasteiger partial charge in [0.1, 0.15) is 0 Å². The van der Waals surface area contributed by atoms with Gasteiger partial charge in [0.15, 0.2) is 0 Å². The van der Waals surface area contributed by atoms with Gasteiger partial charge < -0.3 is 5.11 Å². The third kappa shape index (κ3) is 1.99. The third-order valence-electron chi connectivity index (χ3n) is 4.78. The van der Waals surface area contributed by atoms with Crippen molar-refractivity contribution in [1.82, 2.24) is 4.98 Å². The average molecular weight is 231 g/mol. The minimum Gasteiger partial charge on any atom is -0.392 e. The summed E-state index contributed by atoms with van der Waals surface area (Å²) in [6.07, 6.45) is 7.02. The zero-order valence-corrected chi connectivity index (χ0v) is 10.4. The van der Waals surface area contributed by atoms with Crippen LogP contribution in [-0.2, 0) is 0 Å². The van der Waals surface area contributed by atoms with Crippen LogP contribution >= 0.6 is 0 Å². The Bertz CT molecular complexity index is 366. The van der Waals surface area contributed by atoms with E-state index in [1.54, 1.807) is 0 Å². The van der Waals surface area contributed by atoms with Crippen LogP contribution in [0.5, 0.6) is 0 Å². The molecular weight excluding hydrogens is 210 g/mol. The van der Waals surface area contributed by atoms with Gasteiger partial charge in [0, 0.05) is 17.8 Å². The second-order valence-electron chi connectivity index (χ2n) is 5.72. The minimum atomic E-state index is -0.196. The number of nitrogens with zero attached hydrogens (tertiary/aromatic N) is 1. The Balaban J connectivity index is 1.69. The molecule has 2 saturated carbocycles. The number of fused-ring (bicyclic) bond motifs is 1. The molecule has 2 fully saturated rings. The molecule has 4 unspecified atom stereocenters. The molecule has 2 aliphatic carbocycles. The number of rotatable bonds is 3. The maximum Gasteiger partial charge on any atom is 0.0654 e. The molecule has 2 nitrogen and oxygen atoms in total. The number of aromatic nitrogens is 1. The minimum absolute atomic E-state index is 0.173. The van der Waals surface area contributed by atoms with Crippen molar-refractivity contribution in [2.24, 2.45) is 17.8 Å². The number of hydrogen-bond acceptors (Lipinski definition) is 2. The molecule has 0 aliphatic heterocycles. The zero-order valence-electron chi connectivity index (χ0n) is 10.4. The number of aliphatic hydroxyl groups is 1. The highest BCUT2D eigenvalue weighted by Gasteiger charge is 2.54. The first-order chi connectivity index (χ1) is 8.29. The molecule has 1 aromatic heterocycles. The monoisotopic (exact) mass is 231 g/mol. The van der Waals surface area contributed by atoms with E-state index in [4.69, 9.17) is 0 Å². The predicted octanol–water partition coefficient (Wildman–Crippen LogP) is 2.98. The van der Waals surface area contributed by atoms with Gasteiger partial charge in [-0.05, 0) is 42.7 Å². The molecule has 2 aliphatic rings. The quantitative estimate of drug-likeness (QED) is 0.867. The maximum atomic E-state index is 10.5. The van der Waals surface area contributed by atoms with Crippen LogP contribution in [0.1, 0.15) is 44.2 Å². The van der Waals surface area contributed by atoms with Gasteiger partial charge >= 0.3 is 0 Å². The Morgan fingerprint density at radius 2 is 1.94 bits per heavy atom. The van der Waals surface area contributed by atoms with Crippen LogP contribution in [0.2, 0.25) is 0 Å². The Kier molecular flexibility index (Phi) is 2.91. The van der Waals surface area contributed by atoms with Crippen molar-refractivity contribution < 1.29 is 5.11 Å². The van der Waals surface area contributed by atoms with E-state index in [1.165, 1.54) is 25.7 Å². The molecule has 17 heavy (non-hydrogen) atoms. The van der Waals surface area contributed by atoms with E-state index in [9.17, 15) is 5.11 Å². The van der Waals surface area contributed by atoms with E-state index in [1.807, 2.05) is 24.4 Å². The van der Waals surface area contributed by atoms with Crippen molar-refractivity contribution in [3.05, 3.63) is 30.1 Å². The molecule has 3 rings (SSSR count). The van der Waals surface area contributed by atoms with Gasteiger partial charge in [-0.2, -0.15) is 0 Å².